The number of H-pyrrole nitrogens is 1. The van der Waals surface area contributed by atoms with Gasteiger partial charge in [0.05, 0.1) is 10.9 Å². The van der Waals surface area contributed by atoms with Crippen LogP contribution in [0.5, 0.6) is 0 Å². The van der Waals surface area contributed by atoms with Crippen molar-refractivity contribution in [1.82, 2.24) is 24.7 Å². The Kier molecular flexibility index (Phi) is 4.20. The third-order valence-electron chi connectivity index (χ3n) is 4.17. The molecule has 0 aromatic carbocycles. The molecule has 0 bridgehead atoms. The van der Waals surface area contributed by atoms with E-state index >= 15 is 0 Å². The van der Waals surface area contributed by atoms with Gasteiger partial charge in [-0.25, -0.2) is 9.97 Å². The number of nitrogens with one attached hydrogen (secondary N) is 2. The lowest BCUT2D eigenvalue weighted by Gasteiger charge is -2.15. The summed E-state index contributed by atoms with van der Waals surface area (Å²) in [6.45, 7) is 6.08. The van der Waals surface area contributed by atoms with Gasteiger partial charge in [0.1, 0.15) is 17.8 Å². The zero-order chi connectivity index (χ0) is 17.3. The van der Waals surface area contributed by atoms with Gasteiger partial charge in [-0.15, -0.1) is 0 Å². The first-order chi connectivity index (χ1) is 11.5. The van der Waals surface area contributed by atoms with Crippen LogP contribution in [0.1, 0.15) is 48.8 Å². The zero-order valence-corrected chi connectivity index (χ0v) is 14.0. The van der Waals surface area contributed by atoms with Gasteiger partial charge >= 0.3 is 0 Å². The van der Waals surface area contributed by atoms with Crippen LogP contribution in [0.3, 0.4) is 0 Å². The Morgan fingerprint density at radius 3 is 2.75 bits per heavy atom. The summed E-state index contributed by atoms with van der Waals surface area (Å²) in [6.07, 6.45) is 5.10. The first-order valence-corrected chi connectivity index (χ1v) is 7.99. The van der Waals surface area contributed by atoms with Crippen molar-refractivity contribution in [3.05, 3.63) is 29.8 Å². The molecule has 126 valence electrons. The molecule has 0 atom stereocenters. The number of nitrogens with two attached hydrogens (primary N) is 1. The summed E-state index contributed by atoms with van der Waals surface area (Å²) in [6, 6.07) is 2.01. The lowest BCUT2D eigenvalue weighted by Crippen LogP contribution is -2.12. The van der Waals surface area contributed by atoms with Crippen LogP contribution in [0.2, 0.25) is 0 Å². The lowest BCUT2D eigenvalue weighted by atomic mass is 10.2. The van der Waals surface area contributed by atoms with E-state index in [-0.39, 0.29) is 11.9 Å². The van der Waals surface area contributed by atoms with E-state index in [1.807, 2.05) is 17.7 Å². The Morgan fingerprint density at radius 1 is 1.38 bits per heavy atom. The molecule has 0 radical (unpaired) electrons. The minimum Gasteiger partial charge on any atom is -0.383 e. The van der Waals surface area contributed by atoms with E-state index in [1.54, 1.807) is 6.07 Å². The summed E-state index contributed by atoms with van der Waals surface area (Å²) in [5.74, 6) is 0.488. The average molecular weight is 327 g/mol. The van der Waals surface area contributed by atoms with Crippen LogP contribution < -0.4 is 11.1 Å². The Hall–Kier alpha value is -2.90. The van der Waals surface area contributed by atoms with Crippen LogP contribution >= 0.6 is 0 Å². The molecule has 3 aromatic rings. The van der Waals surface area contributed by atoms with Gasteiger partial charge in [0.25, 0.3) is 5.91 Å². The Bertz CT molecular complexity index is 876. The van der Waals surface area contributed by atoms with Crippen molar-refractivity contribution in [1.29, 1.82) is 0 Å². The highest BCUT2D eigenvalue weighted by Gasteiger charge is 2.22. The van der Waals surface area contributed by atoms with Crippen LogP contribution in [0, 0.1) is 6.92 Å². The van der Waals surface area contributed by atoms with Gasteiger partial charge in [-0.05, 0) is 19.8 Å². The van der Waals surface area contributed by atoms with Crippen LogP contribution in [-0.4, -0.2) is 30.6 Å². The molecular weight excluding hydrogens is 306 g/mol. The first kappa shape index (κ1) is 16.0. The van der Waals surface area contributed by atoms with Crippen molar-refractivity contribution in [2.45, 2.75) is 39.7 Å². The molecule has 8 heteroatoms. The number of aromatic nitrogens is 5. The maximum atomic E-state index is 12.7. The number of rotatable bonds is 5. The summed E-state index contributed by atoms with van der Waals surface area (Å²) >= 11 is 0. The van der Waals surface area contributed by atoms with E-state index in [0.29, 0.717) is 28.2 Å². The van der Waals surface area contributed by atoms with Gasteiger partial charge in [-0.1, -0.05) is 13.8 Å². The molecule has 24 heavy (non-hydrogen) atoms. The normalized spacial score (nSPS) is 11.3. The summed E-state index contributed by atoms with van der Waals surface area (Å²) in [4.78, 5) is 21.1. The van der Waals surface area contributed by atoms with Crippen LogP contribution in [0.4, 0.5) is 11.6 Å². The number of carbonyl (C=O) groups is 1. The fourth-order valence-corrected chi connectivity index (χ4v) is 2.91. The zero-order valence-electron chi connectivity index (χ0n) is 14.0. The van der Waals surface area contributed by atoms with Gasteiger partial charge in [-0.2, -0.15) is 5.10 Å². The second-order valence-corrected chi connectivity index (χ2v) is 5.77. The van der Waals surface area contributed by atoms with E-state index in [2.05, 4.69) is 39.3 Å². The molecule has 4 N–H and O–H groups in total. The predicted molar refractivity (Wildman–Crippen MR) is 92.8 cm³/mol. The molecule has 1 amide bonds. The molecule has 0 spiro atoms. The molecule has 3 aromatic heterocycles. The number of hydrogen-bond donors (Lipinski definition) is 3. The van der Waals surface area contributed by atoms with Crippen LogP contribution in [-0.2, 0) is 0 Å². The minimum atomic E-state index is -0.280. The number of nitrogens with zero attached hydrogens (tertiary/aromatic N) is 4. The van der Waals surface area contributed by atoms with Crippen LogP contribution in [0.15, 0.2) is 18.6 Å². The van der Waals surface area contributed by atoms with Crippen molar-refractivity contribution in [3.63, 3.8) is 0 Å². The highest BCUT2D eigenvalue weighted by atomic mass is 16.1. The van der Waals surface area contributed by atoms with Crippen molar-refractivity contribution >= 4 is 28.6 Å². The molecule has 0 aliphatic carbocycles. The molecular formula is C16H21N7O. The van der Waals surface area contributed by atoms with Crippen molar-refractivity contribution in [2.75, 3.05) is 11.1 Å². The number of aromatic amines is 1. The molecule has 3 rings (SSSR count). The van der Waals surface area contributed by atoms with E-state index in [1.165, 1.54) is 6.33 Å². The van der Waals surface area contributed by atoms with Crippen molar-refractivity contribution < 1.29 is 4.79 Å². The maximum Gasteiger partial charge on any atom is 0.259 e. The Morgan fingerprint density at radius 2 is 2.12 bits per heavy atom. The fraction of sp³-hybridized carbons (Fsp3) is 0.375. The Labute approximate surface area is 139 Å². The molecule has 3 heterocycles. The number of fused-ring (bicyclic) bond motifs is 1. The summed E-state index contributed by atoms with van der Waals surface area (Å²) < 4.78 is 2.01. The molecule has 0 saturated heterocycles. The average Bonchev–Trinajstić information content (AvgIpc) is 3.14. The highest BCUT2D eigenvalue weighted by Crippen LogP contribution is 2.29. The molecule has 0 aliphatic heterocycles. The number of aryl methyl sites for hydroxylation is 1. The number of amides is 1. The van der Waals surface area contributed by atoms with Crippen molar-refractivity contribution in [2.24, 2.45) is 0 Å². The fourth-order valence-electron chi connectivity index (χ4n) is 2.91. The molecule has 0 fully saturated rings. The lowest BCUT2D eigenvalue weighted by molar-refractivity contribution is 0.102. The third-order valence-corrected chi connectivity index (χ3v) is 4.17. The van der Waals surface area contributed by atoms with E-state index in [0.717, 1.165) is 18.5 Å². The number of nitrogen functional groups attached to an aromatic ring is 1. The number of hydrogen-bond acceptors (Lipinski definition) is 5. The monoisotopic (exact) mass is 327 g/mol. The topological polar surface area (TPSA) is 115 Å². The standard InChI is InChI=1S/C16H21N7O/c1-4-10(5-2)23-7-11(13-14(17)18-8-19-15(13)23)16(24)20-12-6-9(3)21-22-12/h6-8,10H,4-5H2,1-3H3,(H2,17,18,19)(H2,20,21,22,24). The van der Waals surface area contributed by atoms with E-state index in [4.69, 9.17) is 5.73 Å². The number of anilines is 2. The van der Waals surface area contributed by atoms with Gasteiger partial charge in [0.15, 0.2) is 5.82 Å². The maximum absolute atomic E-state index is 12.7. The third kappa shape index (κ3) is 2.70. The van der Waals surface area contributed by atoms with Gasteiger partial charge in [0.2, 0.25) is 0 Å². The molecule has 8 nitrogen and oxygen atoms in total. The highest BCUT2D eigenvalue weighted by molar-refractivity contribution is 6.14. The number of carbonyl (C=O) groups excluding carboxylic acids is 1. The predicted octanol–water partition coefficient (Wildman–Crippen LogP) is 2.66. The summed E-state index contributed by atoms with van der Waals surface area (Å²) in [5, 5.41) is 10.2. The molecule has 0 unspecified atom stereocenters. The second-order valence-electron chi connectivity index (χ2n) is 5.77. The van der Waals surface area contributed by atoms with E-state index < -0.39 is 0 Å². The summed E-state index contributed by atoms with van der Waals surface area (Å²) in [7, 11) is 0. The van der Waals surface area contributed by atoms with Gasteiger partial charge < -0.3 is 15.6 Å². The molecule has 0 saturated carbocycles. The second kappa shape index (κ2) is 6.31. The quantitative estimate of drug-likeness (QED) is 0.666. The minimum absolute atomic E-state index is 0.246. The first-order valence-electron chi connectivity index (χ1n) is 7.99. The smallest absolute Gasteiger partial charge is 0.259 e. The van der Waals surface area contributed by atoms with E-state index in [9.17, 15) is 4.79 Å². The Balaban J connectivity index is 2.08. The van der Waals surface area contributed by atoms with Gasteiger partial charge in [-0.3, -0.25) is 9.89 Å². The summed E-state index contributed by atoms with van der Waals surface area (Å²) in [5.41, 5.74) is 8.03. The van der Waals surface area contributed by atoms with Crippen LogP contribution in [0.25, 0.3) is 11.0 Å². The largest absolute Gasteiger partial charge is 0.383 e. The molecule has 0 aliphatic rings. The van der Waals surface area contributed by atoms with Crippen molar-refractivity contribution in [3.8, 4) is 0 Å². The van der Waals surface area contributed by atoms with Gasteiger partial charge in [0, 0.05) is 24.0 Å². The SMILES string of the molecule is CCC(CC)n1cc(C(=O)Nc2cc(C)[nH]n2)c2c(N)ncnc21.